The van der Waals surface area contributed by atoms with Gasteiger partial charge in [0, 0.05) is 30.5 Å². The smallest absolute Gasteiger partial charge is 0.410 e. The van der Waals surface area contributed by atoms with E-state index in [1.54, 1.807) is 0 Å². The lowest BCUT2D eigenvalue weighted by Crippen LogP contribution is -2.31. The van der Waals surface area contributed by atoms with Crippen LogP contribution in [0.1, 0.15) is 37.0 Å². The summed E-state index contributed by atoms with van der Waals surface area (Å²) in [7, 11) is 1.87. The molecule has 0 atom stereocenters. The topological polar surface area (TPSA) is 85.9 Å². The molecule has 2 N–H and O–H groups in total. The number of nitrogens with one attached hydrogen (secondary N) is 2. The van der Waals surface area contributed by atoms with E-state index in [1.807, 2.05) is 46.9 Å². The molecule has 1 rings (SSSR count). The molecule has 0 aliphatic rings. The minimum absolute atomic E-state index is 0.0926. The normalized spacial score (nSPS) is 11.4. The maximum Gasteiger partial charge on any atom is 0.412 e. The quantitative estimate of drug-likeness (QED) is 0.338. The van der Waals surface area contributed by atoms with Gasteiger partial charge in [0.2, 0.25) is 0 Å². The largest absolute Gasteiger partial charge is 0.412 e. The number of carbonyl (C=O) groups is 2. The number of aryl methyl sites for hydroxylation is 2. The number of benzene rings is 1. The van der Waals surface area contributed by atoms with Gasteiger partial charge in [0.15, 0.2) is 4.69 Å². The molecule has 0 aromatic heterocycles. The highest BCUT2D eigenvalue weighted by molar-refractivity contribution is 9.18. The first kappa shape index (κ1) is 25.6. The average molecular weight is 473 g/mol. The Morgan fingerprint density at radius 1 is 1.03 bits per heavy atom. The van der Waals surface area contributed by atoms with Crippen LogP contribution in [0.3, 0.4) is 0 Å². The highest BCUT2D eigenvalue weighted by Gasteiger charge is 2.29. The van der Waals surface area contributed by atoms with E-state index in [9.17, 15) is 9.59 Å². The van der Waals surface area contributed by atoms with Crippen molar-refractivity contribution in [3.05, 3.63) is 28.8 Å². The maximum absolute atomic E-state index is 12.2. The van der Waals surface area contributed by atoms with Crippen LogP contribution < -0.4 is 15.4 Å². The van der Waals surface area contributed by atoms with Crippen molar-refractivity contribution < 1.29 is 23.8 Å². The fourth-order valence-corrected chi connectivity index (χ4v) is 3.87. The van der Waals surface area contributed by atoms with Crippen molar-refractivity contribution in [2.45, 2.75) is 39.5 Å². The first-order chi connectivity index (χ1) is 13.7. The van der Waals surface area contributed by atoms with Gasteiger partial charge in [-0.25, -0.2) is 4.79 Å². The van der Waals surface area contributed by atoms with Crippen molar-refractivity contribution in [1.29, 1.82) is 0 Å². The van der Waals surface area contributed by atoms with Gasteiger partial charge in [0.1, 0.15) is 5.75 Å². The summed E-state index contributed by atoms with van der Waals surface area (Å²) in [5, 5.41) is 5.68. The molecule has 0 heterocycles. The lowest BCUT2D eigenvalue weighted by molar-refractivity contribution is -0.111. The Hall–Kier alpha value is -1.48. The second-order valence-corrected chi connectivity index (χ2v) is 8.40. The van der Waals surface area contributed by atoms with E-state index in [0.717, 1.165) is 23.2 Å². The minimum atomic E-state index is -0.550. The summed E-state index contributed by atoms with van der Waals surface area (Å²) in [5.74, 6) is 0.470. The second-order valence-electron chi connectivity index (χ2n) is 7.52. The molecule has 0 bridgehead atoms. The monoisotopic (exact) mass is 472 g/mol. The number of halogens is 1. The van der Waals surface area contributed by atoms with Crippen molar-refractivity contribution >= 4 is 26.7 Å². The van der Waals surface area contributed by atoms with Crippen LogP contribution in [0.15, 0.2) is 12.1 Å². The van der Waals surface area contributed by atoms with Crippen LogP contribution >= 0.6 is 15.9 Å². The summed E-state index contributed by atoms with van der Waals surface area (Å²) in [5.41, 5.74) is 2.33. The molecule has 1 aromatic carbocycles. The van der Waals surface area contributed by atoms with Gasteiger partial charge in [-0.3, -0.25) is 4.79 Å². The van der Waals surface area contributed by atoms with E-state index in [2.05, 4.69) is 26.6 Å². The summed E-state index contributed by atoms with van der Waals surface area (Å²) < 4.78 is 16.3. The summed E-state index contributed by atoms with van der Waals surface area (Å²) >= 11 is 3.01. The molecule has 0 fully saturated rings. The van der Waals surface area contributed by atoms with Gasteiger partial charge in [-0.05, 0) is 54.0 Å². The zero-order chi connectivity index (χ0) is 21.9. The molecule has 0 aliphatic heterocycles. The van der Waals surface area contributed by atoms with Gasteiger partial charge in [-0.2, -0.15) is 0 Å². The van der Waals surface area contributed by atoms with Crippen LogP contribution in [-0.4, -0.2) is 57.4 Å². The van der Waals surface area contributed by atoms with Gasteiger partial charge in [-0.1, -0.05) is 19.9 Å². The molecule has 0 aliphatic carbocycles. The zero-order valence-electron chi connectivity index (χ0n) is 18.0. The highest BCUT2D eigenvalue weighted by atomic mass is 79.9. The molecule has 29 heavy (non-hydrogen) atoms. The third kappa shape index (κ3) is 9.71. The third-order valence-electron chi connectivity index (χ3n) is 4.29. The van der Waals surface area contributed by atoms with E-state index < -0.39 is 11.5 Å². The molecule has 1 amide bonds. The van der Waals surface area contributed by atoms with Gasteiger partial charge in [-0.15, -0.1) is 0 Å². The predicted molar refractivity (Wildman–Crippen MR) is 117 cm³/mol. The number of amides is 1. The van der Waals surface area contributed by atoms with Crippen molar-refractivity contribution in [1.82, 2.24) is 10.6 Å². The van der Waals surface area contributed by atoms with Gasteiger partial charge in [0.25, 0.3) is 0 Å². The molecule has 0 spiro atoms. The van der Waals surface area contributed by atoms with Crippen molar-refractivity contribution in [2.24, 2.45) is 0 Å². The Labute approximate surface area is 182 Å². The molecule has 0 radical (unpaired) electrons. The number of carbonyl (C=O) groups excluding carboxylic acids is 2. The summed E-state index contributed by atoms with van der Waals surface area (Å²) in [4.78, 5) is 23.9. The minimum Gasteiger partial charge on any atom is -0.410 e. The van der Waals surface area contributed by atoms with E-state index in [-0.39, 0.29) is 4.69 Å². The molecule has 8 heteroatoms. The fourth-order valence-electron chi connectivity index (χ4n) is 3.17. The molecular formula is C21H33BrN2O5. The van der Waals surface area contributed by atoms with Crippen LogP contribution in [0, 0.1) is 13.8 Å². The Morgan fingerprint density at radius 2 is 1.66 bits per heavy atom. The van der Waals surface area contributed by atoms with Crippen molar-refractivity contribution in [2.75, 3.05) is 46.6 Å². The van der Waals surface area contributed by atoms with Crippen molar-refractivity contribution in [3.8, 4) is 5.75 Å². The summed E-state index contributed by atoms with van der Waals surface area (Å²) in [6, 6.07) is 3.84. The predicted octanol–water partition coefficient (Wildman–Crippen LogP) is 3.23. The van der Waals surface area contributed by atoms with Gasteiger partial charge in [0.05, 0.1) is 26.4 Å². The lowest BCUT2D eigenvalue weighted by Gasteiger charge is -2.28. The Morgan fingerprint density at radius 3 is 2.24 bits per heavy atom. The molecule has 7 nitrogen and oxygen atoms in total. The second kappa shape index (κ2) is 13.0. The number of hydrogen-bond acceptors (Lipinski definition) is 6. The average Bonchev–Trinajstić information content (AvgIpc) is 2.58. The molecular weight excluding hydrogens is 440 g/mol. The summed E-state index contributed by atoms with van der Waals surface area (Å²) in [6.45, 7) is 10.9. The van der Waals surface area contributed by atoms with E-state index in [0.29, 0.717) is 45.1 Å². The zero-order valence-corrected chi connectivity index (χ0v) is 19.6. The lowest BCUT2D eigenvalue weighted by atomic mass is 9.78. The molecule has 0 saturated heterocycles. The van der Waals surface area contributed by atoms with Crippen LogP contribution in [0.2, 0.25) is 0 Å². The van der Waals surface area contributed by atoms with E-state index >= 15 is 0 Å². The number of hydrogen-bond donors (Lipinski definition) is 2. The van der Waals surface area contributed by atoms with Crippen LogP contribution in [0.25, 0.3) is 0 Å². The standard InChI is InChI=1S/C21H33BrN2O5/c1-15-12-16(2)19(21(3,4)14-18(22)25)17(13-15)29-20(26)24-7-9-28-11-10-27-8-6-23-5/h12-13,23H,6-11,14H2,1-5H3,(H,24,26). The van der Waals surface area contributed by atoms with Crippen LogP contribution in [-0.2, 0) is 19.7 Å². The van der Waals surface area contributed by atoms with Crippen LogP contribution in [0.5, 0.6) is 5.75 Å². The maximum atomic E-state index is 12.2. The number of ether oxygens (including phenoxy) is 3. The fraction of sp³-hybridized carbons (Fsp3) is 0.619. The molecule has 0 saturated carbocycles. The SMILES string of the molecule is CNCCOCCOCCNC(=O)Oc1cc(C)cc(C)c1C(C)(C)CC(=O)Br. The van der Waals surface area contributed by atoms with Crippen LogP contribution in [0.4, 0.5) is 4.79 Å². The number of rotatable bonds is 13. The van der Waals surface area contributed by atoms with Gasteiger partial charge < -0.3 is 24.8 Å². The van der Waals surface area contributed by atoms with Crippen molar-refractivity contribution in [3.63, 3.8) is 0 Å². The van der Waals surface area contributed by atoms with Gasteiger partial charge >= 0.3 is 6.09 Å². The third-order valence-corrected chi connectivity index (χ3v) is 4.57. The number of likely N-dealkylation sites (N-methyl/N-ethyl adjacent to an activating group) is 1. The molecule has 0 unspecified atom stereocenters. The first-order valence-electron chi connectivity index (χ1n) is 9.73. The Balaban J connectivity index is 2.58. The van der Waals surface area contributed by atoms with E-state index in [1.165, 1.54) is 0 Å². The Kier molecular flexibility index (Phi) is 11.4. The summed E-state index contributed by atoms with van der Waals surface area (Å²) in [6.07, 6.45) is -0.259. The molecule has 164 valence electrons. The first-order valence-corrected chi connectivity index (χ1v) is 10.5. The molecule has 1 aromatic rings. The Bertz CT molecular complexity index is 679. The highest BCUT2D eigenvalue weighted by Crippen LogP contribution is 2.38. The van der Waals surface area contributed by atoms with E-state index in [4.69, 9.17) is 14.2 Å².